The van der Waals surface area contributed by atoms with Crippen molar-refractivity contribution in [3.8, 4) is 0 Å². The van der Waals surface area contributed by atoms with Crippen LogP contribution in [-0.2, 0) is 10.0 Å². The van der Waals surface area contributed by atoms with E-state index in [2.05, 4.69) is 4.72 Å². The van der Waals surface area contributed by atoms with Gasteiger partial charge in [0, 0.05) is 19.2 Å². The summed E-state index contributed by atoms with van der Waals surface area (Å²) < 4.78 is 40.5. The summed E-state index contributed by atoms with van der Waals surface area (Å²) in [5.41, 5.74) is 0.112. The minimum atomic E-state index is -3.99. The summed E-state index contributed by atoms with van der Waals surface area (Å²) in [6, 6.07) is 11.1. The molecule has 0 aliphatic heterocycles. The molecule has 2 aromatic carbocycles. The van der Waals surface area contributed by atoms with Crippen molar-refractivity contribution in [3.63, 3.8) is 0 Å². The highest BCUT2D eigenvalue weighted by Crippen LogP contribution is 2.20. The van der Waals surface area contributed by atoms with Gasteiger partial charge in [-0.1, -0.05) is 18.2 Å². The van der Waals surface area contributed by atoms with Gasteiger partial charge in [-0.15, -0.1) is 0 Å². The van der Waals surface area contributed by atoms with Crippen LogP contribution in [0.5, 0.6) is 0 Å². The molecule has 23 heavy (non-hydrogen) atoms. The number of rotatable bonds is 5. The van der Waals surface area contributed by atoms with Crippen molar-refractivity contribution in [3.05, 3.63) is 59.9 Å². The van der Waals surface area contributed by atoms with E-state index < -0.39 is 15.8 Å². The van der Waals surface area contributed by atoms with Crippen molar-refractivity contribution in [1.82, 2.24) is 4.90 Å². The van der Waals surface area contributed by atoms with E-state index in [9.17, 15) is 17.6 Å². The zero-order valence-electron chi connectivity index (χ0n) is 12.8. The van der Waals surface area contributed by atoms with Gasteiger partial charge in [-0.3, -0.25) is 9.52 Å². The molecule has 0 radical (unpaired) electrons. The van der Waals surface area contributed by atoms with Gasteiger partial charge in [-0.25, -0.2) is 12.8 Å². The molecule has 0 heterocycles. The maximum Gasteiger partial charge on any atom is 0.262 e. The standard InChI is InChI=1S/C16H17FN2O3S/c1-3-19(2)16(20)12-7-6-8-13(11-12)23(21,22)18-15-10-5-4-9-14(15)17/h4-11,18H,3H2,1-2H3. The van der Waals surface area contributed by atoms with Gasteiger partial charge in [-0.05, 0) is 37.3 Å². The lowest BCUT2D eigenvalue weighted by molar-refractivity contribution is 0.0802. The summed E-state index contributed by atoms with van der Waals surface area (Å²) in [4.78, 5) is 13.5. The third-order valence-electron chi connectivity index (χ3n) is 3.33. The van der Waals surface area contributed by atoms with Gasteiger partial charge in [0.25, 0.3) is 15.9 Å². The molecule has 0 bridgehead atoms. The molecule has 0 unspecified atom stereocenters. The van der Waals surface area contributed by atoms with E-state index in [4.69, 9.17) is 0 Å². The lowest BCUT2D eigenvalue weighted by Crippen LogP contribution is -2.26. The van der Waals surface area contributed by atoms with Gasteiger partial charge < -0.3 is 4.90 Å². The number of amides is 1. The molecular formula is C16H17FN2O3S. The van der Waals surface area contributed by atoms with E-state index in [1.165, 1.54) is 47.4 Å². The number of sulfonamides is 1. The summed E-state index contributed by atoms with van der Waals surface area (Å²) in [5, 5.41) is 0. The maximum atomic E-state index is 13.6. The van der Waals surface area contributed by atoms with E-state index in [-0.39, 0.29) is 22.1 Å². The van der Waals surface area contributed by atoms with Crippen LogP contribution in [0, 0.1) is 5.82 Å². The van der Waals surface area contributed by atoms with E-state index in [1.807, 2.05) is 6.92 Å². The Morgan fingerprint density at radius 2 is 1.87 bits per heavy atom. The van der Waals surface area contributed by atoms with Crippen molar-refractivity contribution in [2.24, 2.45) is 0 Å². The SMILES string of the molecule is CCN(C)C(=O)c1cccc(S(=O)(=O)Nc2ccccc2F)c1. The molecule has 2 rings (SSSR count). The zero-order valence-corrected chi connectivity index (χ0v) is 13.6. The van der Waals surface area contributed by atoms with E-state index in [0.29, 0.717) is 6.54 Å². The Morgan fingerprint density at radius 3 is 2.52 bits per heavy atom. The van der Waals surface area contributed by atoms with Gasteiger partial charge in [0.05, 0.1) is 10.6 Å². The summed E-state index contributed by atoms with van der Waals surface area (Å²) in [7, 11) is -2.36. The first-order valence-corrected chi connectivity index (χ1v) is 8.46. The molecule has 2 aromatic rings. The number of hydrogen-bond acceptors (Lipinski definition) is 3. The third kappa shape index (κ3) is 3.87. The Bertz CT molecular complexity index is 822. The second kappa shape index (κ2) is 6.78. The van der Waals surface area contributed by atoms with Crippen LogP contribution in [-0.4, -0.2) is 32.8 Å². The summed E-state index contributed by atoms with van der Waals surface area (Å²) in [6.07, 6.45) is 0. The molecule has 1 N–H and O–H groups in total. The summed E-state index contributed by atoms with van der Waals surface area (Å²) in [5.74, 6) is -0.954. The second-order valence-electron chi connectivity index (χ2n) is 4.93. The van der Waals surface area contributed by atoms with Crippen molar-refractivity contribution in [1.29, 1.82) is 0 Å². The molecule has 0 atom stereocenters. The molecule has 0 aliphatic rings. The van der Waals surface area contributed by atoms with Crippen molar-refractivity contribution < 1.29 is 17.6 Å². The van der Waals surface area contributed by atoms with Gasteiger partial charge in [0.2, 0.25) is 0 Å². The molecule has 0 saturated heterocycles. The van der Waals surface area contributed by atoms with Gasteiger partial charge in [0.15, 0.2) is 0 Å². The molecule has 0 aromatic heterocycles. The first-order chi connectivity index (χ1) is 10.8. The first kappa shape index (κ1) is 17.0. The lowest BCUT2D eigenvalue weighted by Gasteiger charge is -2.15. The smallest absolute Gasteiger partial charge is 0.262 e. The molecule has 5 nitrogen and oxygen atoms in total. The summed E-state index contributed by atoms with van der Waals surface area (Å²) >= 11 is 0. The van der Waals surface area contributed by atoms with Crippen molar-refractivity contribution in [2.75, 3.05) is 18.3 Å². The van der Waals surface area contributed by atoms with E-state index >= 15 is 0 Å². The number of carbonyl (C=O) groups is 1. The Labute approximate surface area is 134 Å². The molecule has 0 spiro atoms. The van der Waals surface area contributed by atoms with Gasteiger partial charge >= 0.3 is 0 Å². The number of hydrogen-bond donors (Lipinski definition) is 1. The Morgan fingerprint density at radius 1 is 1.17 bits per heavy atom. The predicted octanol–water partition coefficient (Wildman–Crippen LogP) is 2.72. The molecule has 0 saturated carbocycles. The van der Waals surface area contributed by atoms with Crippen LogP contribution in [0.4, 0.5) is 10.1 Å². The third-order valence-corrected chi connectivity index (χ3v) is 4.69. The van der Waals surface area contributed by atoms with Crippen LogP contribution < -0.4 is 4.72 Å². The minimum absolute atomic E-state index is 0.101. The molecule has 122 valence electrons. The van der Waals surface area contributed by atoms with Crippen LogP contribution >= 0.6 is 0 Å². The van der Waals surface area contributed by atoms with Crippen LogP contribution in [0.15, 0.2) is 53.4 Å². The van der Waals surface area contributed by atoms with Crippen molar-refractivity contribution in [2.45, 2.75) is 11.8 Å². The molecule has 0 aliphatic carbocycles. The highest BCUT2D eigenvalue weighted by Gasteiger charge is 2.18. The molecule has 7 heteroatoms. The number of anilines is 1. The summed E-state index contributed by atoms with van der Waals surface area (Å²) in [6.45, 7) is 2.32. The second-order valence-corrected chi connectivity index (χ2v) is 6.61. The number of carbonyl (C=O) groups excluding carboxylic acids is 1. The zero-order chi connectivity index (χ0) is 17.0. The molecular weight excluding hydrogens is 319 g/mol. The topological polar surface area (TPSA) is 66.5 Å². The van der Waals surface area contributed by atoms with Crippen LogP contribution in [0.3, 0.4) is 0 Å². The number of para-hydroxylation sites is 1. The van der Waals surface area contributed by atoms with E-state index in [0.717, 1.165) is 6.07 Å². The van der Waals surface area contributed by atoms with E-state index in [1.54, 1.807) is 7.05 Å². The van der Waals surface area contributed by atoms with Gasteiger partial charge in [0.1, 0.15) is 5.82 Å². The highest BCUT2D eigenvalue weighted by molar-refractivity contribution is 7.92. The van der Waals surface area contributed by atoms with Crippen LogP contribution in [0.2, 0.25) is 0 Å². The van der Waals surface area contributed by atoms with Gasteiger partial charge in [-0.2, -0.15) is 0 Å². The number of halogens is 1. The Hall–Kier alpha value is -2.41. The first-order valence-electron chi connectivity index (χ1n) is 6.98. The fourth-order valence-electron chi connectivity index (χ4n) is 1.91. The maximum absolute atomic E-state index is 13.6. The Kier molecular flexibility index (Phi) is 5.00. The molecule has 0 fully saturated rings. The van der Waals surface area contributed by atoms with Crippen molar-refractivity contribution >= 4 is 21.6 Å². The fourth-order valence-corrected chi connectivity index (χ4v) is 3.02. The van der Waals surface area contributed by atoms with Crippen LogP contribution in [0.1, 0.15) is 17.3 Å². The number of benzene rings is 2. The fraction of sp³-hybridized carbons (Fsp3) is 0.188. The largest absolute Gasteiger partial charge is 0.342 e. The average Bonchev–Trinajstić information content (AvgIpc) is 2.55. The normalized spacial score (nSPS) is 11.1. The highest BCUT2D eigenvalue weighted by atomic mass is 32.2. The number of nitrogens with zero attached hydrogens (tertiary/aromatic N) is 1. The quantitative estimate of drug-likeness (QED) is 0.913. The minimum Gasteiger partial charge on any atom is -0.342 e. The van der Waals surface area contributed by atoms with Crippen LogP contribution in [0.25, 0.3) is 0 Å². The number of nitrogens with one attached hydrogen (secondary N) is 1. The monoisotopic (exact) mass is 336 g/mol. The average molecular weight is 336 g/mol. The Balaban J connectivity index is 2.34. The molecule has 1 amide bonds. The lowest BCUT2D eigenvalue weighted by atomic mass is 10.2. The predicted molar refractivity (Wildman–Crippen MR) is 86.3 cm³/mol.